The lowest BCUT2D eigenvalue weighted by molar-refractivity contribution is 0.490. The lowest BCUT2D eigenvalue weighted by atomic mass is 10.0. The van der Waals surface area contributed by atoms with Crippen LogP contribution in [0.3, 0.4) is 0 Å². The molecule has 0 aliphatic carbocycles. The summed E-state index contributed by atoms with van der Waals surface area (Å²) in [6.45, 7) is 6.48. The highest BCUT2D eigenvalue weighted by Crippen LogP contribution is 2.08. The van der Waals surface area contributed by atoms with Gasteiger partial charge in [0, 0.05) is 23.9 Å². The van der Waals surface area contributed by atoms with Gasteiger partial charge in [0.25, 0.3) is 0 Å². The van der Waals surface area contributed by atoms with Gasteiger partial charge in [-0.15, -0.1) is 0 Å². The molecule has 0 saturated heterocycles. The lowest BCUT2D eigenvalue weighted by Crippen LogP contribution is -2.25. The molecule has 2 N–H and O–H groups in total. The van der Waals surface area contributed by atoms with E-state index in [1.807, 2.05) is 0 Å². The van der Waals surface area contributed by atoms with Crippen molar-refractivity contribution < 1.29 is 0 Å². The third-order valence-corrected chi connectivity index (χ3v) is 2.39. The minimum atomic E-state index is 0.213. The molecular formula is C12H21N3. The van der Waals surface area contributed by atoms with E-state index in [-0.39, 0.29) is 6.04 Å². The molecule has 0 aromatic carbocycles. The molecule has 0 amide bonds. The molecule has 1 unspecified atom stereocenters. The van der Waals surface area contributed by atoms with Crippen molar-refractivity contribution >= 4 is 0 Å². The number of nitrogens with zero attached hydrogens (tertiary/aromatic N) is 2. The Labute approximate surface area is 92.1 Å². The first-order valence-corrected chi connectivity index (χ1v) is 5.67. The van der Waals surface area contributed by atoms with Crippen LogP contribution in [0.4, 0.5) is 0 Å². The van der Waals surface area contributed by atoms with Gasteiger partial charge in [0.1, 0.15) is 6.33 Å². The van der Waals surface area contributed by atoms with Crippen molar-refractivity contribution in [2.45, 2.75) is 46.1 Å². The Balaban J connectivity index is 2.55. The standard InChI is InChI=1S/C12H21N3/c1-4-11-7-12(15-8-14-11)6-10(13)5-9(2)3/h7-10H,4-6,13H2,1-3H3. The number of aromatic nitrogens is 2. The van der Waals surface area contributed by atoms with Gasteiger partial charge in [-0.05, 0) is 24.8 Å². The summed E-state index contributed by atoms with van der Waals surface area (Å²) in [7, 11) is 0. The monoisotopic (exact) mass is 207 g/mol. The summed E-state index contributed by atoms with van der Waals surface area (Å²) in [5.41, 5.74) is 8.20. The maximum atomic E-state index is 6.04. The average molecular weight is 207 g/mol. The zero-order valence-electron chi connectivity index (χ0n) is 9.90. The first kappa shape index (κ1) is 12.1. The average Bonchev–Trinajstić information content (AvgIpc) is 2.16. The highest BCUT2D eigenvalue weighted by molar-refractivity contribution is 5.09. The number of nitrogens with two attached hydrogens (primary N) is 1. The maximum Gasteiger partial charge on any atom is 0.115 e. The summed E-state index contributed by atoms with van der Waals surface area (Å²) >= 11 is 0. The summed E-state index contributed by atoms with van der Waals surface area (Å²) < 4.78 is 0. The fraction of sp³-hybridized carbons (Fsp3) is 0.667. The molecule has 0 aliphatic rings. The Hall–Kier alpha value is -0.960. The topological polar surface area (TPSA) is 51.8 Å². The minimum absolute atomic E-state index is 0.213. The second-order valence-electron chi connectivity index (χ2n) is 4.45. The molecule has 0 fully saturated rings. The predicted octanol–water partition coefficient (Wildman–Crippen LogP) is 1.95. The van der Waals surface area contributed by atoms with Gasteiger partial charge < -0.3 is 5.73 Å². The summed E-state index contributed by atoms with van der Waals surface area (Å²) in [4.78, 5) is 8.42. The van der Waals surface area contributed by atoms with Gasteiger partial charge in [0.15, 0.2) is 0 Å². The zero-order valence-corrected chi connectivity index (χ0v) is 9.90. The van der Waals surface area contributed by atoms with Crippen molar-refractivity contribution in [1.29, 1.82) is 0 Å². The van der Waals surface area contributed by atoms with Gasteiger partial charge in [-0.25, -0.2) is 9.97 Å². The summed E-state index contributed by atoms with van der Waals surface area (Å²) in [6, 6.07) is 2.27. The van der Waals surface area contributed by atoms with Crippen LogP contribution in [0, 0.1) is 5.92 Å². The number of hydrogen-bond acceptors (Lipinski definition) is 3. The third-order valence-electron chi connectivity index (χ3n) is 2.39. The molecular weight excluding hydrogens is 186 g/mol. The van der Waals surface area contributed by atoms with Crippen molar-refractivity contribution in [2.24, 2.45) is 11.7 Å². The van der Waals surface area contributed by atoms with Crippen LogP contribution in [0.15, 0.2) is 12.4 Å². The van der Waals surface area contributed by atoms with Crippen molar-refractivity contribution in [2.75, 3.05) is 0 Å². The number of rotatable bonds is 5. The van der Waals surface area contributed by atoms with E-state index in [4.69, 9.17) is 5.73 Å². The summed E-state index contributed by atoms with van der Waals surface area (Å²) in [6.07, 6.45) is 4.49. The molecule has 1 heterocycles. The van der Waals surface area contributed by atoms with E-state index in [0.29, 0.717) is 5.92 Å². The van der Waals surface area contributed by atoms with Crippen LogP contribution < -0.4 is 5.73 Å². The SMILES string of the molecule is CCc1cc(CC(N)CC(C)C)ncn1. The fourth-order valence-electron chi connectivity index (χ4n) is 1.71. The van der Waals surface area contributed by atoms with Crippen LogP contribution in [0.5, 0.6) is 0 Å². The number of hydrogen-bond donors (Lipinski definition) is 1. The van der Waals surface area contributed by atoms with Gasteiger partial charge in [0.2, 0.25) is 0 Å². The van der Waals surface area contributed by atoms with E-state index >= 15 is 0 Å². The minimum Gasteiger partial charge on any atom is -0.327 e. The molecule has 0 aliphatic heterocycles. The van der Waals surface area contributed by atoms with E-state index < -0.39 is 0 Å². The first-order chi connectivity index (χ1) is 7.11. The Kier molecular flexibility index (Phi) is 4.69. The first-order valence-electron chi connectivity index (χ1n) is 5.67. The molecule has 1 rings (SSSR count). The summed E-state index contributed by atoms with van der Waals surface area (Å²) in [5.74, 6) is 0.646. The third kappa shape index (κ3) is 4.38. The van der Waals surface area contributed by atoms with Crippen molar-refractivity contribution in [3.63, 3.8) is 0 Å². The molecule has 84 valence electrons. The molecule has 0 saturated carbocycles. The molecule has 15 heavy (non-hydrogen) atoms. The fourth-order valence-corrected chi connectivity index (χ4v) is 1.71. The predicted molar refractivity (Wildman–Crippen MR) is 62.5 cm³/mol. The molecule has 1 atom stereocenters. The van der Waals surface area contributed by atoms with E-state index in [1.165, 1.54) is 0 Å². The Morgan fingerprint density at radius 1 is 1.27 bits per heavy atom. The lowest BCUT2D eigenvalue weighted by Gasteiger charge is -2.13. The Bertz CT molecular complexity index is 297. The second-order valence-corrected chi connectivity index (χ2v) is 4.45. The van der Waals surface area contributed by atoms with Crippen LogP contribution in [-0.2, 0) is 12.8 Å². The maximum absolute atomic E-state index is 6.04. The summed E-state index contributed by atoms with van der Waals surface area (Å²) in [5, 5.41) is 0. The highest BCUT2D eigenvalue weighted by atomic mass is 14.8. The Morgan fingerprint density at radius 2 is 1.93 bits per heavy atom. The van der Waals surface area contributed by atoms with Crippen LogP contribution in [0.25, 0.3) is 0 Å². The van der Waals surface area contributed by atoms with Crippen molar-refractivity contribution in [3.8, 4) is 0 Å². The van der Waals surface area contributed by atoms with Crippen molar-refractivity contribution in [3.05, 3.63) is 23.8 Å². The molecule has 1 aromatic heterocycles. The van der Waals surface area contributed by atoms with E-state index in [2.05, 4.69) is 36.8 Å². The van der Waals surface area contributed by atoms with Crippen LogP contribution in [0.2, 0.25) is 0 Å². The molecule has 3 heteroatoms. The highest BCUT2D eigenvalue weighted by Gasteiger charge is 2.07. The van der Waals surface area contributed by atoms with E-state index in [0.717, 1.165) is 30.7 Å². The Morgan fingerprint density at radius 3 is 2.53 bits per heavy atom. The van der Waals surface area contributed by atoms with Gasteiger partial charge >= 0.3 is 0 Å². The molecule has 0 bridgehead atoms. The van der Waals surface area contributed by atoms with Gasteiger partial charge in [-0.3, -0.25) is 0 Å². The zero-order chi connectivity index (χ0) is 11.3. The normalized spacial score (nSPS) is 13.1. The van der Waals surface area contributed by atoms with E-state index in [1.54, 1.807) is 6.33 Å². The largest absolute Gasteiger partial charge is 0.327 e. The van der Waals surface area contributed by atoms with E-state index in [9.17, 15) is 0 Å². The van der Waals surface area contributed by atoms with Gasteiger partial charge in [0.05, 0.1) is 0 Å². The smallest absolute Gasteiger partial charge is 0.115 e. The van der Waals surface area contributed by atoms with Crippen LogP contribution >= 0.6 is 0 Å². The second kappa shape index (κ2) is 5.81. The van der Waals surface area contributed by atoms with Crippen LogP contribution in [0.1, 0.15) is 38.6 Å². The van der Waals surface area contributed by atoms with Gasteiger partial charge in [-0.1, -0.05) is 20.8 Å². The molecule has 3 nitrogen and oxygen atoms in total. The quantitative estimate of drug-likeness (QED) is 0.803. The molecule has 1 aromatic rings. The van der Waals surface area contributed by atoms with Crippen LogP contribution in [-0.4, -0.2) is 16.0 Å². The van der Waals surface area contributed by atoms with Gasteiger partial charge in [-0.2, -0.15) is 0 Å². The van der Waals surface area contributed by atoms with Crippen molar-refractivity contribution in [1.82, 2.24) is 9.97 Å². The molecule has 0 radical (unpaired) electrons. The number of aryl methyl sites for hydroxylation is 1. The molecule has 0 spiro atoms.